The largest absolute Gasteiger partial charge is 0.459 e. The molecule has 102 valence electrons. The van der Waals surface area contributed by atoms with E-state index >= 15 is 0 Å². The fourth-order valence-corrected chi connectivity index (χ4v) is 2.99. The van der Waals surface area contributed by atoms with Crippen LogP contribution >= 0.6 is 0 Å². The van der Waals surface area contributed by atoms with Crippen molar-refractivity contribution in [2.45, 2.75) is 51.3 Å². The summed E-state index contributed by atoms with van der Waals surface area (Å²) in [6.45, 7) is 4.31. The average Bonchev–Trinajstić information content (AvgIpc) is 2.75. The minimum atomic E-state index is -0.119. The summed E-state index contributed by atoms with van der Waals surface area (Å²) in [5, 5.41) is 14.1. The van der Waals surface area contributed by atoms with Crippen LogP contribution in [0.5, 0.6) is 0 Å². The third kappa shape index (κ3) is 2.28. The number of furan rings is 1. The van der Waals surface area contributed by atoms with Crippen molar-refractivity contribution in [3.63, 3.8) is 0 Å². The Kier molecular flexibility index (Phi) is 3.33. The fraction of sp³-hybridized carbons (Fsp3) is 0.500. The van der Waals surface area contributed by atoms with Crippen molar-refractivity contribution >= 4 is 11.0 Å². The molecule has 3 heteroatoms. The first-order chi connectivity index (χ1) is 9.19. The Morgan fingerprint density at radius 1 is 1.37 bits per heavy atom. The second-order valence-corrected chi connectivity index (χ2v) is 5.51. The highest BCUT2D eigenvalue weighted by Crippen LogP contribution is 2.32. The van der Waals surface area contributed by atoms with Gasteiger partial charge in [-0.25, -0.2) is 0 Å². The third-order valence-corrected chi connectivity index (χ3v) is 4.08. The van der Waals surface area contributed by atoms with E-state index in [2.05, 4.69) is 31.3 Å². The van der Waals surface area contributed by atoms with Crippen molar-refractivity contribution in [3.05, 3.63) is 35.6 Å². The summed E-state index contributed by atoms with van der Waals surface area (Å²) in [5.74, 6) is 1.05. The van der Waals surface area contributed by atoms with E-state index in [1.54, 1.807) is 0 Å². The Morgan fingerprint density at radius 3 is 2.79 bits per heavy atom. The molecule has 0 aliphatic heterocycles. The molecule has 1 heterocycles. The van der Waals surface area contributed by atoms with Gasteiger partial charge in [0.25, 0.3) is 0 Å². The highest BCUT2D eigenvalue weighted by molar-refractivity contribution is 5.82. The number of nitrogens with one attached hydrogen (secondary N) is 1. The molecule has 1 aliphatic carbocycles. The van der Waals surface area contributed by atoms with E-state index in [-0.39, 0.29) is 12.1 Å². The molecule has 0 bridgehead atoms. The van der Waals surface area contributed by atoms with E-state index in [1.165, 1.54) is 10.9 Å². The summed E-state index contributed by atoms with van der Waals surface area (Å²) in [6, 6.07) is 8.83. The predicted octanol–water partition coefficient (Wildman–Crippen LogP) is 3.17. The number of benzene rings is 1. The van der Waals surface area contributed by atoms with Crippen LogP contribution in [0.2, 0.25) is 0 Å². The Bertz CT molecular complexity index is 569. The van der Waals surface area contributed by atoms with E-state index in [9.17, 15) is 5.11 Å². The van der Waals surface area contributed by atoms with Crippen molar-refractivity contribution in [1.29, 1.82) is 0 Å². The summed E-state index contributed by atoms with van der Waals surface area (Å²) in [7, 11) is 0. The first-order valence-corrected chi connectivity index (χ1v) is 7.13. The first-order valence-electron chi connectivity index (χ1n) is 7.13. The molecule has 2 N–H and O–H groups in total. The monoisotopic (exact) mass is 259 g/mol. The molecule has 1 atom stereocenters. The van der Waals surface area contributed by atoms with E-state index in [0.29, 0.717) is 6.04 Å². The number of hydrogen-bond acceptors (Lipinski definition) is 3. The smallest absolute Gasteiger partial charge is 0.134 e. The van der Waals surface area contributed by atoms with Crippen LogP contribution in [-0.4, -0.2) is 17.3 Å². The molecule has 3 rings (SSSR count). The van der Waals surface area contributed by atoms with Crippen LogP contribution in [0.1, 0.15) is 44.1 Å². The standard InChI is InChI=1S/C16H21NO2/c1-3-13-14-6-4-5-7-15(14)19-16(13)10(2)17-11-8-12(18)9-11/h4-7,10-12,17-18H,3,8-9H2,1-2H3. The first kappa shape index (κ1) is 12.7. The lowest BCUT2D eigenvalue weighted by atomic mass is 9.88. The van der Waals surface area contributed by atoms with Crippen molar-refractivity contribution in [1.82, 2.24) is 5.32 Å². The topological polar surface area (TPSA) is 45.4 Å². The van der Waals surface area contributed by atoms with Crippen molar-refractivity contribution < 1.29 is 9.52 Å². The van der Waals surface area contributed by atoms with Crippen molar-refractivity contribution in [2.24, 2.45) is 0 Å². The van der Waals surface area contributed by atoms with Gasteiger partial charge in [0.2, 0.25) is 0 Å². The van der Waals surface area contributed by atoms with Gasteiger partial charge >= 0.3 is 0 Å². The molecular formula is C16H21NO2. The van der Waals surface area contributed by atoms with Crippen LogP contribution in [0.15, 0.2) is 28.7 Å². The normalized spacial score (nSPS) is 24.4. The van der Waals surface area contributed by atoms with Gasteiger partial charge in [0.05, 0.1) is 12.1 Å². The zero-order valence-corrected chi connectivity index (χ0v) is 11.5. The van der Waals surface area contributed by atoms with Gasteiger partial charge in [0.1, 0.15) is 11.3 Å². The maximum atomic E-state index is 9.35. The van der Waals surface area contributed by atoms with E-state index in [0.717, 1.165) is 30.6 Å². The fourth-order valence-electron chi connectivity index (χ4n) is 2.99. The van der Waals surface area contributed by atoms with E-state index in [1.807, 2.05) is 12.1 Å². The zero-order chi connectivity index (χ0) is 13.4. The number of aliphatic hydroxyl groups is 1. The molecule has 1 unspecified atom stereocenters. The second kappa shape index (κ2) is 4.99. The Balaban J connectivity index is 1.86. The zero-order valence-electron chi connectivity index (χ0n) is 11.5. The third-order valence-electron chi connectivity index (χ3n) is 4.08. The summed E-state index contributed by atoms with van der Waals surface area (Å²) >= 11 is 0. The molecule has 1 aliphatic rings. The van der Waals surface area contributed by atoms with Gasteiger partial charge in [0, 0.05) is 17.0 Å². The number of hydrogen-bond donors (Lipinski definition) is 2. The molecule has 0 amide bonds. The van der Waals surface area contributed by atoms with Crippen LogP contribution in [0, 0.1) is 0 Å². The summed E-state index contributed by atoms with van der Waals surface area (Å²) in [5.41, 5.74) is 2.27. The van der Waals surface area contributed by atoms with Crippen molar-refractivity contribution in [2.75, 3.05) is 0 Å². The van der Waals surface area contributed by atoms with Gasteiger partial charge in [-0.1, -0.05) is 25.1 Å². The lowest BCUT2D eigenvalue weighted by molar-refractivity contribution is 0.0574. The van der Waals surface area contributed by atoms with Gasteiger partial charge in [-0.3, -0.25) is 0 Å². The van der Waals surface area contributed by atoms with Gasteiger partial charge in [0.15, 0.2) is 0 Å². The molecule has 0 radical (unpaired) electrons. The number of aliphatic hydroxyl groups excluding tert-OH is 1. The average molecular weight is 259 g/mol. The number of para-hydroxylation sites is 1. The molecule has 1 aromatic carbocycles. The maximum absolute atomic E-state index is 9.35. The molecule has 1 aromatic heterocycles. The Morgan fingerprint density at radius 2 is 2.11 bits per heavy atom. The van der Waals surface area contributed by atoms with Gasteiger partial charge in [-0.2, -0.15) is 0 Å². The lowest BCUT2D eigenvalue weighted by Crippen LogP contribution is -2.45. The van der Waals surface area contributed by atoms with E-state index in [4.69, 9.17) is 4.42 Å². The molecule has 0 saturated heterocycles. The molecule has 0 spiro atoms. The molecule has 19 heavy (non-hydrogen) atoms. The Labute approximate surface area is 113 Å². The highest BCUT2D eigenvalue weighted by atomic mass is 16.3. The van der Waals surface area contributed by atoms with Crippen LogP contribution in [0.25, 0.3) is 11.0 Å². The molecule has 1 fully saturated rings. The van der Waals surface area contributed by atoms with Gasteiger partial charge in [-0.15, -0.1) is 0 Å². The van der Waals surface area contributed by atoms with Crippen LogP contribution < -0.4 is 5.32 Å². The summed E-state index contributed by atoms with van der Waals surface area (Å²) in [4.78, 5) is 0. The van der Waals surface area contributed by atoms with Gasteiger partial charge < -0.3 is 14.8 Å². The number of rotatable bonds is 4. The molecule has 2 aromatic rings. The SMILES string of the molecule is CCc1c(C(C)NC2CC(O)C2)oc2ccccc12. The molecule has 3 nitrogen and oxygen atoms in total. The van der Waals surface area contributed by atoms with Crippen LogP contribution in [0.4, 0.5) is 0 Å². The second-order valence-electron chi connectivity index (χ2n) is 5.51. The van der Waals surface area contributed by atoms with Crippen LogP contribution in [0.3, 0.4) is 0 Å². The minimum absolute atomic E-state index is 0.119. The maximum Gasteiger partial charge on any atom is 0.134 e. The Hall–Kier alpha value is -1.32. The van der Waals surface area contributed by atoms with Gasteiger partial charge in [-0.05, 0) is 32.3 Å². The quantitative estimate of drug-likeness (QED) is 0.886. The van der Waals surface area contributed by atoms with Crippen molar-refractivity contribution in [3.8, 4) is 0 Å². The number of fused-ring (bicyclic) bond motifs is 1. The lowest BCUT2D eigenvalue weighted by Gasteiger charge is -2.34. The number of aryl methyl sites for hydroxylation is 1. The summed E-state index contributed by atoms with van der Waals surface area (Å²) in [6.07, 6.45) is 2.56. The molecular weight excluding hydrogens is 238 g/mol. The summed E-state index contributed by atoms with van der Waals surface area (Å²) < 4.78 is 6.02. The predicted molar refractivity (Wildman–Crippen MR) is 76.2 cm³/mol. The van der Waals surface area contributed by atoms with E-state index < -0.39 is 0 Å². The highest BCUT2D eigenvalue weighted by Gasteiger charge is 2.29. The minimum Gasteiger partial charge on any atom is -0.459 e. The molecule has 1 saturated carbocycles. The van der Waals surface area contributed by atoms with Crippen LogP contribution in [-0.2, 0) is 6.42 Å².